The lowest BCUT2D eigenvalue weighted by atomic mass is 10.1. The lowest BCUT2D eigenvalue weighted by Crippen LogP contribution is -2.47. The molecular formula is C15H23N3O3. The van der Waals surface area contributed by atoms with E-state index in [1.807, 2.05) is 0 Å². The summed E-state index contributed by atoms with van der Waals surface area (Å²) in [6, 6.07) is 0.383. The van der Waals surface area contributed by atoms with Crippen LogP contribution in [0, 0.1) is 5.92 Å². The van der Waals surface area contributed by atoms with Gasteiger partial charge in [0.1, 0.15) is 0 Å². The molecule has 0 atom stereocenters. The molecule has 0 aromatic rings. The maximum Gasteiger partial charge on any atom is 0.337 e. The first-order chi connectivity index (χ1) is 10.2. The number of hydrogen-bond donors (Lipinski definition) is 2. The highest BCUT2D eigenvalue weighted by Crippen LogP contribution is 2.35. The minimum Gasteiger partial charge on any atom is -0.463 e. The molecule has 2 aliphatic carbocycles. The Kier molecular flexibility index (Phi) is 4.14. The topological polar surface area (TPSA) is 70.7 Å². The first-order valence-electron chi connectivity index (χ1n) is 7.85. The summed E-state index contributed by atoms with van der Waals surface area (Å²) < 4.78 is 5.09. The van der Waals surface area contributed by atoms with Gasteiger partial charge >= 0.3 is 12.0 Å². The summed E-state index contributed by atoms with van der Waals surface area (Å²) in [7, 11) is 0. The van der Waals surface area contributed by atoms with Gasteiger partial charge in [0, 0.05) is 24.8 Å². The van der Waals surface area contributed by atoms with Gasteiger partial charge in [-0.25, -0.2) is 9.59 Å². The molecule has 0 spiro atoms. The third-order valence-electron chi connectivity index (χ3n) is 4.19. The molecule has 6 heteroatoms. The number of carbonyl (C=O) groups is 2. The van der Waals surface area contributed by atoms with Gasteiger partial charge in [-0.05, 0) is 38.5 Å². The molecule has 2 amide bonds. The molecule has 0 aromatic heterocycles. The number of esters is 1. The molecule has 1 aliphatic heterocycles. The Balaban J connectivity index is 1.73. The van der Waals surface area contributed by atoms with Gasteiger partial charge in [0.25, 0.3) is 0 Å². The number of hydrogen-bond acceptors (Lipinski definition) is 4. The predicted octanol–water partition coefficient (Wildman–Crippen LogP) is 0.991. The zero-order valence-corrected chi connectivity index (χ0v) is 12.5. The van der Waals surface area contributed by atoms with Crippen molar-refractivity contribution in [2.45, 2.75) is 38.6 Å². The summed E-state index contributed by atoms with van der Waals surface area (Å²) in [6.45, 7) is 4.10. The van der Waals surface area contributed by atoms with Crippen molar-refractivity contribution >= 4 is 12.0 Å². The first-order valence-corrected chi connectivity index (χ1v) is 7.85. The quantitative estimate of drug-likeness (QED) is 0.687. The molecule has 2 saturated carbocycles. The van der Waals surface area contributed by atoms with Crippen LogP contribution < -0.4 is 10.6 Å². The van der Waals surface area contributed by atoms with E-state index < -0.39 is 0 Å². The molecule has 116 valence electrons. The van der Waals surface area contributed by atoms with Crippen molar-refractivity contribution in [2.75, 3.05) is 26.2 Å². The van der Waals surface area contributed by atoms with Crippen LogP contribution in [-0.4, -0.2) is 49.2 Å². The Hall–Kier alpha value is -1.56. The van der Waals surface area contributed by atoms with Gasteiger partial charge in [0.2, 0.25) is 0 Å². The van der Waals surface area contributed by atoms with E-state index in [1.165, 1.54) is 25.7 Å². The van der Waals surface area contributed by atoms with Crippen LogP contribution >= 0.6 is 0 Å². The molecule has 0 radical (unpaired) electrons. The van der Waals surface area contributed by atoms with Gasteiger partial charge in [-0.2, -0.15) is 0 Å². The van der Waals surface area contributed by atoms with Crippen molar-refractivity contribution in [3.63, 3.8) is 0 Å². The SMILES string of the molecule is CCOC(=O)C1=C(CN(CC2CC2)C2CC2)NC(=O)NC1. The Morgan fingerprint density at radius 1 is 1.33 bits per heavy atom. The van der Waals surface area contributed by atoms with Crippen molar-refractivity contribution < 1.29 is 14.3 Å². The fourth-order valence-corrected chi connectivity index (χ4v) is 2.70. The Morgan fingerprint density at radius 3 is 2.71 bits per heavy atom. The Labute approximate surface area is 124 Å². The van der Waals surface area contributed by atoms with E-state index in [1.54, 1.807) is 6.92 Å². The second-order valence-corrected chi connectivity index (χ2v) is 6.09. The maximum atomic E-state index is 12.0. The van der Waals surface area contributed by atoms with Gasteiger partial charge in [-0.3, -0.25) is 4.90 Å². The normalized spacial score (nSPS) is 22.1. The number of nitrogens with one attached hydrogen (secondary N) is 2. The summed E-state index contributed by atoms with van der Waals surface area (Å²) >= 11 is 0. The van der Waals surface area contributed by atoms with Crippen molar-refractivity contribution in [3.8, 4) is 0 Å². The number of ether oxygens (including phenoxy) is 1. The molecule has 0 bridgehead atoms. The largest absolute Gasteiger partial charge is 0.463 e. The summed E-state index contributed by atoms with van der Waals surface area (Å²) in [5.74, 6) is 0.469. The first kappa shape index (κ1) is 14.4. The summed E-state index contributed by atoms with van der Waals surface area (Å²) in [5.41, 5.74) is 1.27. The van der Waals surface area contributed by atoms with Crippen LogP contribution in [0.4, 0.5) is 4.79 Å². The van der Waals surface area contributed by atoms with Crippen LogP contribution in [0.2, 0.25) is 0 Å². The molecule has 0 unspecified atom stereocenters. The van der Waals surface area contributed by atoms with E-state index in [-0.39, 0.29) is 18.5 Å². The number of nitrogens with zero attached hydrogens (tertiary/aromatic N) is 1. The van der Waals surface area contributed by atoms with Crippen LogP contribution in [0.25, 0.3) is 0 Å². The fraction of sp³-hybridized carbons (Fsp3) is 0.733. The van der Waals surface area contributed by atoms with Crippen LogP contribution in [0.3, 0.4) is 0 Å². The monoisotopic (exact) mass is 293 g/mol. The molecule has 2 fully saturated rings. The van der Waals surface area contributed by atoms with E-state index in [9.17, 15) is 9.59 Å². The zero-order valence-electron chi connectivity index (χ0n) is 12.5. The van der Waals surface area contributed by atoms with Crippen molar-refractivity contribution in [1.29, 1.82) is 0 Å². The highest BCUT2D eigenvalue weighted by molar-refractivity contribution is 5.93. The predicted molar refractivity (Wildman–Crippen MR) is 77.5 cm³/mol. The number of urea groups is 1. The van der Waals surface area contributed by atoms with Crippen LogP contribution in [-0.2, 0) is 9.53 Å². The van der Waals surface area contributed by atoms with E-state index in [2.05, 4.69) is 15.5 Å². The van der Waals surface area contributed by atoms with Crippen LogP contribution in [0.15, 0.2) is 11.3 Å². The summed E-state index contributed by atoms with van der Waals surface area (Å²) in [4.78, 5) is 26.0. The second kappa shape index (κ2) is 6.05. The third-order valence-corrected chi connectivity index (χ3v) is 4.19. The zero-order chi connectivity index (χ0) is 14.8. The van der Waals surface area contributed by atoms with Gasteiger partial charge < -0.3 is 15.4 Å². The second-order valence-electron chi connectivity index (χ2n) is 6.09. The van der Waals surface area contributed by atoms with Gasteiger partial charge in [-0.15, -0.1) is 0 Å². The average Bonchev–Trinajstić information content (AvgIpc) is 3.32. The standard InChI is InChI=1S/C15H23N3O3/c1-2-21-14(19)12-7-16-15(20)17-13(12)9-18(11-5-6-11)8-10-3-4-10/h10-11H,2-9H2,1H3,(H2,16,17,20). The highest BCUT2D eigenvalue weighted by atomic mass is 16.5. The average molecular weight is 293 g/mol. The number of rotatable bonds is 7. The molecule has 3 rings (SSSR count). The van der Waals surface area contributed by atoms with Crippen molar-refractivity contribution in [2.24, 2.45) is 5.92 Å². The van der Waals surface area contributed by atoms with E-state index in [0.29, 0.717) is 30.5 Å². The minimum atomic E-state index is -0.331. The van der Waals surface area contributed by atoms with Gasteiger partial charge in [0.15, 0.2) is 0 Å². The van der Waals surface area contributed by atoms with E-state index in [0.717, 1.165) is 12.5 Å². The third kappa shape index (κ3) is 3.75. The number of carbonyl (C=O) groups excluding carboxylic acids is 2. The molecule has 0 saturated heterocycles. The summed E-state index contributed by atoms with van der Waals surface area (Å²) in [6.07, 6.45) is 5.06. The minimum absolute atomic E-state index is 0.236. The Bertz CT molecular complexity index is 467. The fourth-order valence-electron chi connectivity index (χ4n) is 2.70. The van der Waals surface area contributed by atoms with Crippen LogP contribution in [0.5, 0.6) is 0 Å². The molecule has 6 nitrogen and oxygen atoms in total. The molecule has 3 aliphatic rings. The van der Waals surface area contributed by atoms with E-state index >= 15 is 0 Å². The number of amides is 2. The molecule has 2 N–H and O–H groups in total. The van der Waals surface area contributed by atoms with Crippen molar-refractivity contribution in [3.05, 3.63) is 11.3 Å². The highest BCUT2D eigenvalue weighted by Gasteiger charge is 2.35. The van der Waals surface area contributed by atoms with Gasteiger partial charge in [0.05, 0.1) is 18.7 Å². The van der Waals surface area contributed by atoms with Gasteiger partial charge in [-0.1, -0.05) is 0 Å². The lowest BCUT2D eigenvalue weighted by molar-refractivity contribution is -0.138. The Morgan fingerprint density at radius 2 is 2.10 bits per heavy atom. The van der Waals surface area contributed by atoms with Crippen molar-refractivity contribution in [1.82, 2.24) is 15.5 Å². The lowest BCUT2D eigenvalue weighted by Gasteiger charge is -2.27. The smallest absolute Gasteiger partial charge is 0.337 e. The molecule has 21 heavy (non-hydrogen) atoms. The molecular weight excluding hydrogens is 270 g/mol. The van der Waals surface area contributed by atoms with E-state index in [4.69, 9.17) is 4.74 Å². The molecule has 1 heterocycles. The summed E-state index contributed by atoms with van der Waals surface area (Å²) in [5, 5.41) is 5.44. The maximum absolute atomic E-state index is 12.0. The molecule has 0 aromatic carbocycles. The van der Waals surface area contributed by atoms with Crippen LogP contribution in [0.1, 0.15) is 32.6 Å².